The molecule has 0 heterocycles. The highest BCUT2D eigenvalue weighted by atomic mass is 79.9. The van der Waals surface area contributed by atoms with Crippen LogP contribution in [0.1, 0.15) is 5.56 Å². The quantitative estimate of drug-likeness (QED) is 0.749. The fourth-order valence-corrected chi connectivity index (χ4v) is 1.70. The van der Waals surface area contributed by atoms with E-state index >= 15 is 0 Å². The number of para-hydroxylation sites is 1. The molecule has 0 saturated carbocycles. The summed E-state index contributed by atoms with van der Waals surface area (Å²) in [5.41, 5.74) is 0.795. The molecule has 4 heteroatoms. The van der Waals surface area contributed by atoms with Crippen molar-refractivity contribution in [3.8, 4) is 11.5 Å². The molecule has 0 fully saturated rings. The summed E-state index contributed by atoms with van der Waals surface area (Å²) >= 11 is 3.23. The van der Waals surface area contributed by atoms with E-state index in [2.05, 4.69) is 15.9 Å². The molecule has 0 aliphatic heterocycles. The van der Waals surface area contributed by atoms with Crippen LogP contribution in [0.2, 0.25) is 0 Å². The van der Waals surface area contributed by atoms with E-state index in [0.717, 1.165) is 5.56 Å². The first-order valence-electron chi connectivity index (χ1n) is 4.97. The third kappa shape index (κ3) is 2.82. The van der Waals surface area contributed by atoms with Gasteiger partial charge in [0, 0.05) is 5.33 Å². The minimum atomic E-state index is -0.517. The van der Waals surface area contributed by atoms with Gasteiger partial charge in [0.1, 0.15) is 0 Å². The summed E-state index contributed by atoms with van der Waals surface area (Å²) in [5, 5.41) is 0.559. The Hall–Kier alpha value is -1.42. The molecular formula is C13H9BrF2O. The summed E-state index contributed by atoms with van der Waals surface area (Å²) in [4.78, 5) is 0. The third-order valence-electron chi connectivity index (χ3n) is 2.21. The van der Waals surface area contributed by atoms with E-state index in [-0.39, 0.29) is 11.5 Å². The second-order valence-electron chi connectivity index (χ2n) is 3.43. The molecule has 0 aromatic heterocycles. The molecule has 0 radical (unpaired) electrons. The zero-order valence-corrected chi connectivity index (χ0v) is 10.4. The van der Waals surface area contributed by atoms with Crippen molar-refractivity contribution < 1.29 is 13.5 Å². The maximum Gasteiger partial charge on any atom is 0.166 e. The van der Waals surface area contributed by atoms with Gasteiger partial charge >= 0.3 is 0 Å². The minimum absolute atomic E-state index is 0.0120. The Morgan fingerprint density at radius 1 is 0.941 bits per heavy atom. The zero-order valence-electron chi connectivity index (χ0n) is 8.79. The predicted octanol–water partition coefficient (Wildman–Crippen LogP) is 4.65. The van der Waals surface area contributed by atoms with Gasteiger partial charge in [-0.2, -0.15) is 0 Å². The highest BCUT2D eigenvalue weighted by Gasteiger charge is 2.08. The summed E-state index contributed by atoms with van der Waals surface area (Å²) in [6, 6.07) is 10.4. The van der Waals surface area contributed by atoms with Crippen LogP contribution in [0.3, 0.4) is 0 Å². The lowest BCUT2D eigenvalue weighted by atomic mass is 10.2. The summed E-state index contributed by atoms with van der Waals surface area (Å²) in [6.45, 7) is 0. The molecule has 0 amide bonds. The van der Waals surface area contributed by atoms with E-state index in [0.29, 0.717) is 5.33 Å². The molecule has 0 spiro atoms. The SMILES string of the molecule is Fc1ccccc1Oc1ccc(CBr)cc1F. The molecule has 0 aliphatic rings. The average Bonchev–Trinajstić information content (AvgIpc) is 2.34. The van der Waals surface area contributed by atoms with Gasteiger partial charge < -0.3 is 4.74 Å². The number of halogens is 3. The summed E-state index contributed by atoms with van der Waals surface area (Å²) < 4.78 is 32.1. The molecule has 0 aliphatic carbocycles. The minimum Gasteiger partial charge on any atom is -0.451 e. The molecule has 2 aromatic carbocycles. The van der Waals surface area contributed by atoms with Gasteiger partial charge in [-0.15, -0.1) is 0 Å². The molecule has 0 bridgehead atoms. The maximum atomic E-state index is 13.6. The van der Waals surface area contributed by atoms with Crippen LogP contribution in [0.4, 0.5) is 8.78 Å². The van der Waals surface area contributed by atoms with Gasteiger partial charge in [0.25, 0.3) is 0 Å². The van der Waals surface area contributed by atoms with Crippen molar-refractivity contribution in [2.45, 2.75) is 5.33 Å². The van der Waals surface area contributed by atoms with Crippen LogP contribution < -0.4 is 4.74 Å². The van der Waals surface area contributed by atoms with Crippen LogP contribution in [-0.4, -0.2) is 0 Å². The number of hydrogen-bond acceptors (Lipinski definition) is 1. The largest absolute Gasteiger partial charge is 0.451 e. The number of ether oxygens (including phenoxy) is 1. The van der Waals surface area contributed by atoms with Crippen molar-refractivity contribution in [2.75, 3.05) is 0 Å². The lowest BCUT2D eigenvalue weighted by Gasteiger charge is -2.08. The fraction of sp³-hybridized carbons (Fsp3) is 0.0769. The Balaban J connectivity index is 2.28. The van der Waals surface area contributed by atoms with Crippen molar-refractivity contribution in [1.82, 2.24) is 0 Å². The number of rotatable bonds is 3. The van der Waals surface area contributed by atoms with Crippen LogP contribution in [0.5, 0.6) is 11.5 Å². The first kappa shape index (κ1) is 12.0. The Kier molecular flexibility index (Phi) is 3.74. The Morgan fingerprint density at radius 2 is 1.65 bits per heavy atom. The van der Waals surface area contributed by atoms with E-state index in [1.165, 1.54) is 24.3 Å². The molecule has 1 nitrogen and oxygen atoms in total. The molecular weight excluding hydrogens is 290 g/mol. The van der Waals surface area contributed by atoms with Gasteiger partial charge in [0.05, 0.1) is 0 Å². The second kappa shape index (κ2) is 5.27. The van der Waals surface area contributed by atoms with Crippen LogP contribution in [0.25, 0.3) is 0 Å². The standard InChI is InChI=1S/C13H9BrF2O/c14-8-9-5-6-13(11(16)7-9)17-12-4-2-1-3-10(12)15/h1-7H,8H2. The molecule has 2 rings (SSSR count). The highest BCUT2D eigenvalue weighted by molar-refractivity contribution is 9.08. The fourth-order valence-electron chi connectivity index (χ4n) is 1.36. The lowest BCUT2D eigenvalue weighted by Crippen LogP contribution is -1.92. The van der Waals surface area contributed by atoms with Gasteiger partial charge in [-0.25, -0.2) is 8.78 Å². The van der Waals surface area contributed by atoms with Crippen molar-refractivity contribution in [1.29, 1.82) is 0 Å². The van der Waals surface area contributed by atoms with Gasteiger partial charge in [0.15, 0.2) is 23.1 Å². The Bertz CT molecular complexity index is 529. The molecule has 2 aromatic rings. The van der Waals surface area contributed by atoms with Crippen molar-refractivity contribution >= 4 is 15.9 Å². The van der Waals surface area contributed by atoms with Crippen LogP contribution >= 0.6 is 15.9 Å². The monoisotopic (exact) mass is 298 g/mol. The first-order valence-corrected chi connectivity index (χ1v) is 6.09. The van der Waals surface area contributed by atoms with E-state index in [9.17, 15) is 8.78 Å². The third-order valence-corrected chi connectivity index (χ3v) is 2.85. The van der Waals surface area contributed by atoms with Gasteiger partial charge in [-0.05, 0) is 29.8 Å². The van der Waals surface area contributed by atoms with Crippen LogP contribution in [0, 0.1) is 11.6 Å². The Labute approximate surface area is 106 Å². The molecule has 0 unspecified atom stereocenters. The van der Waals surface area contributed by atoms with Crippen LogP contribution in [0.15, 0.2) is 42.5 Å². The van der Waals surface area contributed by atoms with Gasteiger partial charge in [0.2, 0.25) is 0 Å². The smallest absolute Gasteiger partial charge is 0.166 e. The summed E-state index contributed by atoms with van der Waals surface area (Å²) in [6.07, 6.45) is 0. The predicted molar refractivity (Wildman–Crippen MR) is 65.5 cm³/mol. The lowest BCUT2D eigenvalue weighted by molar-refractivity contribution is 0.414. The van der Waals surface area contributed by atoms with E-state index < -0.39 is 11.6 Å². The first-order chi connectivity index (χ1) is 8.20. The molecule has 17 heavy (non-hydrogen) atoms. The normalized spacial score (nSPS) is 10.3. The van der Waals surface area contributed by atoms with E-state index in [4.69, 9.17) is 4.74 Å². The van der Waals surface area contributed by atoms with Crippen molar-refractivity contribution in [3.05, 3.63) is 59.7 Å². The molecule has 0 atom stereocenters. The van der Waals surface area contributed by atoms with E-state index in [1.807, 2.05) is 0 Å². The van der Waals surface area contributed by atoms with Gasteiger partial charge in [-0.1, -0.05) is 34.1 Å². The molecule has 0 N–H and O–H groups in total. The van der Waals surface area contributed by atoms with Gasteiger partial charge in [-0.3, -0.25) is 0 Å². The van der Waals surface area contributed by atoms with Crippen molar-refractivity contribution in [2.24, 2.45) is 0 Å². The molecule has 0 saturated heterocycles. The summed E-state index contributed by atoms with van der Waals surface area (Å²) in [5.74, 6) is -1.00. The Morgan fingerprint density at radius 3 is 2.29 bits per heavy atom. The maximum absolute atomic E-state index is 13.6. The highest BCUT2D eigenvalue weighted by Crippen LogP contribution is 2.27. The van der Waals surface area contributed by atoms with E-state index in [1.54, 1.807) is 18.2 Å². The number of hydrogen-bond donors (Lipinski definition) is 0. The average molecular weight is 299 g/mol. The van der Waals surface area contributed by atoms with Crippen molar-refractivity contribution in [3.63, 3.8) is 0 Å². The summed E-state index contributed by atoms with van der Waals surface area (Å²) in [7, 11) is 0. The number of benzene rings is 2. The topological polar surface area (TPSA) is 9.23 Å². The van der Waals surface area contributed by atoms with Crippen LogP contribution in [-0.2, 0) is 5.33 Å². The second-order valence-corrected chi connectivity index (χ2v) is 3.99. The number of alkyl halides is 1. The zero-order chi connectivity index (χ0) is 12.3. The molecule has 88 valence electrons.